The number of aromatic nitrogens is 3. The van der Waals surface area contributed by atoms with Crippen LogP contribution in [0.1, 0.15) is 74.3 Å². The van der Waals surface area contributed by atoms with Gasteiger partial charge in [0, 0.05) is 68.2 Å². The fraction of sp³-hybridized carbons (Fsp3) is 0.500. The van der Waals surface area contributed by atoms with Crippen molar-refractivity contribution in [2.24, 2.45) is 17.3 Å². The van der Waals surface area contributed by atoms with Gasteiger partial charge in [-0.25, -0.2) is 23.1 Å². The lowest BCUT2D eigenvalue weighted by molar-refractivity contribution is -0.384. The monoisotopic (exact) mass is 797 g/mol. The quantitative estimate of drug-likeness (QED) is 0.118. The number of carbonyl (C=O) groups excluding carboxylic acids is 1. The Morgan fingerprint density at radius 1 is 1.11 bits per heavy atom. The number of aromatic amines is 1. The number of morpholine rings is 1. The van der Waals surface area contributed by atoms with Crippen LogP contribution in [0.15, 0.2) is 53.7 Å². The van der Waals surface area contributed by atoms with Crippen LogP contribution in [0, 0.1) is 38.7 Å². The number of ether oxygens (including phenoxy) is 2. The van der Waals surface area contributed by atoms with E-state index in [2.05, 4.69) is 37.0 Å². The average molecular weight is 798 g/mol. The molecule has 300 valence electrons. The molecule has 0 bridgehead atoms. The number of piperidine rings is 1. The van der Waals surface area contributed by atoms with Crippen LogP contribution in [-0.2, 0) is 14.8 Å². The molecule has 5 heterocycles. The van der Waals surface area contributed by atoms with E-state index < -0.39 is 37.1 Å². The van der Waals surface area contributed by atoms with E-state index in [1.54, 1.807) is 30.5 Å². The van der Waals surface area contributed by atoms with Crippen molar-refractivity contribution in [1.82, 2.24) is 24.6 Å². The van der Waals surface area contributed by atoms with Gasteiger partial charge in [0.05, 0.1) is 29.9 Å². The summed E-state index contributed by atoms with van der Waals surface area (Å²) in [6.07, 6.45) is 11.7. The second-order valence-corrected chi connectivity index (χ2v) is 17.7. The molecule has 2 aliphatic carbocycles. The SMILES string of the molecule is C[C@H]1CC[C@@H](CNc2nc(C#N)c(S(=O)(=O)NC(=O)c3ccc(N4CCC5(CC4)CC(N4CCOCC4)C5)cc3Oc3cnc4[nH]ccc4c3)cc2[N+](=O)[O-])CC1. The third-order valence-corrected chi connectivity index (χ3v) is 13.7. The van der Waals surface area contributed by atoms with E-state index in [0.29, 0.717) is 35.3 Å². The molecule has 3 N–H and O–H groups in total. The van der Waals surface area contributed by atoms with E-state index in [1.165, 1.54) is 25.1 Å². The first kappa shape index (κ1) is 38.6. The van der Waals surface area contributed by atoms with Gasteiger partial charge in [-0.2, -0.15) is 5.26 Å². The van der Waals surface area contributed by atoms with Crippen molar-refractivity contribution in [3.05, 3.63) is 70.2 Å². The molecule has 0 unspecified atom stereocenters. The minimum Gasteiger partial charge on any atom is -0.455 e. The molecule has 16 nitrogen and oxygen atoms in total. The van der Waals surface area contributed by atoms with Crippen molar-refractivity contribution in [2.45, 2.75) is 69.2 Å². The standard InChI is InChI=1S/C40H47N9O7S/c1-26-2-4-27(5-3-26)24-43-38-34(49(51)52)20-36(33(23-41)45-38)57(53,54)46-39(50)32-7-6-29(19-35(32)56-31-18-28-8-11-42-37(28)44-25-31)47-12-9-40(10-13-47)21-30(22-40)48-14-16-55-17-15-48/h6-8,11,18-20,25-27,30H,2-5,9-10,12-17,21-22,24H2,1H3,(H,42,44)(H,43,45)(H,46,50)/t26-,27+. The molecular formula is C40H47N9O7S. The normalized spacial score (nSPS) is 21.4. The highest BCUT2D eigenvalue weighted by atomic mass is 32.2. The first-order valence-corrected chi connectivity index (χ1v) is 21.2. The predicted molar refractivity (Wildman–Crippen MR) is 212 cm³/mol. The van der Waals surface area contributed by atoms with E-state index in [-0.39, 0.29) is 23.0 Å². The lowest BCUT2D eigenvalue weighted by Gasteiger charge is -2.56. The van der Waals surface area contributed by atoms with Crippen LogP contribution >= 0.6 is 0 Å². The van der Waals surface area contributed by atoms with E-state index in [0.717, 1.165) is 95.1 Å². The summed E-state index contributed by atoms with van der Waals surface area (Å²) in [6.45, 7) is 7.79. The molecular weight excluding hydrogens is 751 g/mol. The Hall–Kier alpha value is -5.31. The first-order valence-electron chi connectivity index (χ1n) is 19.7. The van der Waals surface area contributed by atoms with Gasteiger partial charge in [0.1, 0.15) is 28.1 Å². The number of hydrogen-bond donors (Lipinski definition) is 3. The summed E-state index contributed by atoms with van der Waals surface area (Å²) in [6, 6.07) is 11.7. The summed E-state index contributed by atoms with van der Waals surface area (Å²) < 4.78 is 41.4. The average Bonchev–Trinajstić information content (AvgIpc) is 3.67. The Bertz CT molecular complexity index is 2300. The number of nitriles is 1. The number of pyridine rings is 2. The van der Waals surface area contributed by atoms with E-state index in [4.69, 9.17) is 9.47 Å². The molecule has 57 heavy (non-hydrogen) atoms. The molecule has 1 aromatic carbocycles. The highest BCUT2D eigenvalue weighted by Gasteiger charge is 2.48. The van der Waals surface area contributed by atoms with Crippen LogP contribution < -0.4 is 19.7 Å². The number of carbonyl (C=O) groups is 1. The Morgan fingerprint density at radius 2 is 1.86 bits per heavy atom. The molecule has 2 aliphatic heterocycles. The molecule has 0 atom stereocenters. The summed E-state index contributed by atoms with van der Waals surface area (Å²) >= 11 is 0. The zero-order valence-electron chi connectivity index (χ0n) is 31.9. The molecule has 3 aromatic heterocycles. The smallest absolute Gasteiger partial charge is 0.312 e. The predicted octanol–water partition coefficient (Wildman–Crippen LogP) is 5.97. The van der Waals surface area contributed by atoms with Crippen LogP contribution in [0.2, 0.25) is 0 Å². The third kappa shape index (κ3) is 8.25. The van der Waals surface area contributed by atoms with E-state index >= 15 is 0 Å². The topological polar surface area (TPSA) is 209 Å². The van der Waals surface area contributed by atoms with Gasteiger partial charge in [-0.15, -0.1) is 0 Å². The number of rotatable bonds is 11. The van der Waals surface area contributed by atoms with Crippen LogP contribution in [0.3, 0.4) is 0 Å². The number of nitrogens with one attached hydrogen (secondary N) is 3. The summed E-state index contributed by atoms with van der Waals surface area (Å²) in [4.78, 5) is 40.8. The van der Waals surface area contributed by atoms with Gasteiger partial charge in [0.25, 0.3) is 15.9 Å². The van der Waals surface area contributed by atoms with Gasteiger partial charge < -0.3 is 24.7 Å². The van der Waals surface area contributed by atoms with Crippen LogP contribution in [0.25, 0.3) is 11.0 Å². The highest BCUT2D eigenvalue weighted by molar-refractivity contribution is 7.90. The molecule has 0 radical (unpaired) electrons. The third-order valence-electron chi connectivity index (χ3n) is 12.4. The summed E-state index contributed by atoms with van der Waals surface area (Å²) in [5, 5.41) is 25.9. The number of anilines is 2. The van der Waals surface area contributed by atoms with Crippen molar-refractivity contribution < 1.29 is 27.6 Å². The fourth-order valence-electron chi connectivity index (χ4n) is 8.92. The second kappa shape index (κ2) is 15.9. The lowest BCUT2D eigenvalue weighted by atomic mass is 9.60. The van der Waals surface area contributed by atoms with Crippen LogP contribution in [0.5, 0.6) is 11.5 Å². The zero-order chi connectivity index (χ0) is 39.7. The summed E-state index contributed by atoms with van der Waals surface area (Å²) in [5.74, 6) is 0.0617. The number of nitrogens with zero attached hydrogens (tertiary/aromatic N) is 6. The number of sulfonamides is 1. The molecule has 4 aliphatic rings. The van der Waals surface area contributed by atoms with E-state index in [9.17, 15) is 28.6 Å². The van der Waals surface area contributed by atoms with Crippen molar-refractivity contribution in [2.75, 3.05) is 56.2 Å². The molecule has 1 spiro atoms. The summed E-state index contributed by atoms with van der Waals surface area (Å²) in [5.41, 5.74) is 0.488. The van der Waals surface area contributed by atoms with Gasteiger partial charge in [0.15, 0.2) is 5.69 Å². The maximum atomic E-state index is 13.9. The minimum absolute atomic E-state index is 0.0921. The largest absolute Gasteiger partial charge is 0.455 e. The van der Waals surface area contributed by atoms with E-state index in [1.807, 2.05) is 10.8 Å². The lowest BCUT2D eigenvalue weighted by Crippen LogP contribution is -2.57. The Kier molecular flexibility index (Phi) is 10.8. The highest BCUT2D eigenvalue weighted by Crippen LogP contribution is 2.51. The minimum atomic E-state index is -4.84. The van der Waals surface area contributed by atoms with Crippen molar-refractivity contribution in [3.8, 4) is 17.6 Å². The van der Waals surface area contributed by atoms with Gasteiger partial charge in [0.2, 0.25) is 5.82 Å². The molecule has 1 amide bonds. The van der Waals surface area contributed by atoms with Crippen molar-refractivity contribution in [1.29, 1.82) is 5.26 Å². The Balaban J connectivity index is 1.02. The Labute approximate surface area is 331 Å². The van der Waals surface area contributed by atoms with Gasteiger partial charge >= 0.3 is 5.69 Å². The van der Waals surface area contributed by atoms with Crippen molar-refractivity contribution >= 4 is 44.2 Å². The maximum absolute atomic E-state index is 13.9. The Morgan fingerprint density at radius 3 is 2.58 bits per heavy atom. The van der Waals surface area contributed by atoms with Gasteiger partial charge in [-0.1, -0.05) is 19.8 Å². The van der Waals surface area contributed by atoms with Crippen LogP contribution in [0.4, 0.5) is 17.2 Å². The second-order valence-electron chi connectivity index (χ2n) is 16.1. The molecule has 17 heteroatoms. The molecule has 4 fully saturated rings. The number of hydrogen-bond acceptors (Lipinski definition) is 13. The maximum Gasteiger partial charge on any atom is 0.312 e. The molecule has 2 saturated heterocycles. The number of H-pyrrole nitrogens is 1. The number of nitro groups is 1. The van der Waals surface area contributed by atoms with Gasteiger partial charge in [-0.05, 0) is 80.0 Å². The summed E-state index contributed by atoms with van der Waals surface area (Å²) in [7, 11) is -4.84. The number of amides is 1. The first-order chi connectivity index (χ1) is 27.5. The number of benzene rings is 1. The fourth-order valence-corrected chi connectivity index (χ4v) is 9.99. The van der Waals surface area contributed by atoms with Gasteiger partial charge in [-0.3, -0.25) is 19.8 Å². The zero-order valence-corrected chi connectivity index (χ0v) is 32.7. The van der Waals surface area contributed by atoms with Crippen LogP contribution in [-0.4, -0.2) is 91.1 Å². The molecule has 4 aromatic rings. The molecule has 8 rings (SSSR count). The molecule has 2 saturated carbocycles. The van der Waals surface area contributed by atoms with Crippen molar-refractivity contribution in [3.63, 3.8) is 0 Å². The number of fused-ring (bicyclic) bond motifs is 1.